The van der Waals surface area contributed by atoms with E-state index in [4.69, 9.17) is 4.74 Å². The largest absolute Gasteiger partial charge is 0.433 e. The molecule has 1 atom stereocenters. The van der Waals surface area contributed by atoms with E-state index in [-0.39, 0.29) is 0 Å². The summed E-state index contributed by atoms with van der Waals surface area (Å²) in [6.45, 7) is 3.95. The number of hydrogen-bond acceptors (Lipinski definition) is 2. The molecule has 1 amide bonds. The number of benzene rings is 2. The Labute approximate surface area is 138 Å². The Morgan fingerprint density at radius 3 is 2.78 bits per heavy atom. The molecule has 3 nitrogen and oxygen atoms in total. The second-order valence-corrected chi connectivity index (χ2v) is 5.48. The van der Waals surface area contributed by atoms with Crippen molar-refractivity contribution < 1.29 is 9.53 Å². The summed E-state index contributed by atoms with van der Waals surface area (Å²) >= 11 is 0. The fourth-order valence-electron chi connectivity index (χ4n) is 2.34. The Kier molecular flexibility index (Phi) is 6.50. The monoisotopic (exact) mass is 309 g/mol. The molecule has 23 heavy (non-hydrogen) atoms. The lowest BCUT2D eigenvalue weighted by Gasteiger charge is -2.11. The molecule has 2 rings (SSSR count). The number of carbonyl (C=O) groups is 1. The van der Waals surface area contributed by atoms with E-state index in [0.29, 0.717) is 0 Å². The van der Waals surface area contributed by atoms with Gasteiger partial charge in [-0.2, -0.15) is 0 Å². The Morgan fingerprint density at radius 2 is 1.96 bits per heavy atom. The molecule has 0 radical (unpaired) electrons. The van der Waals surface area contributed by atoms with Crippen LogP contribution >= 0.6 is 0 Å². The highest BCUT2D eigenvalue weighted by molar-refractivity contribution is 6.00. The number of ether oxygens (including phenoxy) is 1. The Balaban J connectivity index is 1.91. The lowest BCUT2D eigenvalue weighted by molar-refractivity contribution is 0.145. The lowest BCUT2D eigenvalue weighted by Crippen LogP contribution is -2.19. The highest BCUT2D eigenvalue weighted by Crippen LogP contribution is 2.23. The van der Waals surface area contributed by atoms with Gasteiger partial charge in [-0.25, -0.2) is 4.79 Å². The van der Waals surface area contributed by atoms with Crippen molar-refractivity contribution in [3.05, 3.63) is 42.5 Å². The van der Waals surface area contributed by atoms with E-state index in [1.165, 1.54) is 12.8 Å². The van der Waals surface area contributed by atoms with E-state index in [2.05, 4.69) is 24.1 Å². The minimum atomic E-state index is -0.475. The average Bonchev–Trinajstić information content (AvgIpc) is 2.55. The van der Waals surface area contributed by atoms with Gasteiger partial charge in [-0.3, -0.25) is 5.32 Å². The summed E-state index contributed by atoms with van der Waals surface area (Å²) in [6.07, 6.45) is 3.43. The summed E-state index contributed by atoms with van der Waals surface area (Å²) in [5, 5.41) is 4.87. The van der Waals surface area contributed by atoms with Crippen LogP contribution < -0.4 is 5.32 Å². The quantitative estimate of drug-likeness (QED) is 0.596. The molecule has 0 aromatic heterocycles. The van der Waals surface area contributed by atoms with Gasteiger partial charge in [0.05, 0.1) is 5.69 Å². The number of amides is 1. The Hall–Kier alpha value is -2.47. The predicted octanol–water partition coefficient (Wildman–Crippen LogP) is 5.36. The highest BCUT2D eigenvalue weighted by atomic mass is 16.6. The molecule has 2 aromatic rings. The third kappa shape index (κ3) is 5.34. The summed E-state index contributed by atoms with van der Waals surface area (Å²) in [5.41, 5.74) is 0.746. The highest BCUT2D eigenvalue weighted by Gasteiger charge is 2.09. The van der Waals surface area contributed by atoms with Crippen molar-refractivity contribution in [3.8, 4) is 11.8 Å². The summed E-state index contributed by atoms with van der Waals surface area (Å²) < 4.78 is 5.29. The van der Waals surface area contributed by atoms with Crippen LogP contribution in [0.4, 0.5) is 10.5 Å². The van der Waals surface area contributed by atoms with Crippen LogP contribution in [-0.4, -0.2) is 12.2 Å². The standard InChI is InChI=1S/C20H23NO2/c1-3-4-5-6-7-11-16(2)23-20(22)21-19-15-10-13-17-12-8-9-14-18(17)19/h8-10,12-16H,3-6H2,1-2H3,(H,21,22)/t16-/m1/s1. The van der Waals surface area contributed by atoms with Gasteiger partial charge >= 0.3 is 6.09 Å². The van der Waals surface area contributed by atoms with Gasteiger partial charge in [-0.1, -0.05) is 68.0 Å². The van der Waals surface area contributed by atoms with E-state index in [1.54, 1.807) is 6.92 Å². The molecule has 0 unspecified atom stereocenters. The van der Waals surface area contributed by atoms with E-state index >= 15 is 0 Å². The SMILES string of the molecule is CCCCCC#C[C@@H](C)OC(=O)Nc1cccc2ccccc12. The van der Waals surface area contributed by atoms with E-state index in [9.17, 15) is 4.79 Å². The molecule has 0 fully saturated rings. The normalized spacial score (nSPS) is 11.4. The van der Waals surface area contributed by atoms with Crippen LogP contribution in [0.15, 0.2) is 42.5 Å². The molecule has 2 aromatic carbocycles. The maximum Gasteiger partial charge on any atom is 0.412 e. The maximum atomic E-state index is 12.0. The minimum Gasteiger partial charge on any atom is -0.433 e. The zero-order chi connectivity index (χ0) is 16.5. The van der Waals surface area contributed by atoms with Gasteiger partial charge in [0.1, 0.15) is 0 Å². The summed E-state index contributed by atoms with van der Waals surface area (Å²) in [7, 11) is 0. The number of nitrogens with one attached hydrogen (secondary N) is 1. The molecule has 0 spiro atoms. The van der Waals surface area contributed by atoms with E-state index < -0.39 is 12.2 Å². The van der Waals surface area contributed by atoms with Gasteiger partial charge < -0.3 is 4.74 Å². The number of unbranched alkanes of at least 4 members (excludes halogenated alkanes) is 3. The number of fused-ring (bicyclic) bond motifs is 1. The molecule has 0 saturated carbocycles. The smallest absolute Gasteiger partial charge is 0.412 e. The van der Waals surface area contributed by atoms with Crippen LogP contribution in [0, 0.1) is 11.8 Å². The van der Waals surface area contributed by atoms with E-state index in [1.807, 2.05) is 42.5 Å². The molecular formula is C20H23NO2. The molecule has 0 aliphatic carbocycles. The second kappa shape index (κ2) is 8.85. The van der Waals surface area contributed by atoms with Crippen LogP contribution in [0.5, 0.6) is 0 Å². The van der Waals surface area contributed by atoms with Gasteiger partial charge in [0.15, 0.2) is 6.10 Å². The van der Waals surface area contributed by atoms with E-state index in [0.717, 1.165) is 29.3 Å². The maximum absolute atomic E-state index is 12.0. The second-order valence-electron chi connectivity index (χ2n) is 5.48. The molecule has 3 heteroatoms. The molecule has 1 N–H and O–H groups in total. The summed E-state index contributed by atoms with van der Waals surface area (Å²) in [6, 6.07) is 13.7. The topological polar surface area (TPSA) is 38.3 Å². The van der Waals surface area contributed by atoms with Crippen LogP contribution in [-0.2, 0) is 4.74 Å². The Morgan fingerprint density at radius 1 is 1.17 bits per heavy atom. The number of carbonyl (C=O) groups excluding carboxylic acids is 1. The third-order valence-corrected chi connectivity index (χ3v) is 3.52. The first-order valence-electron chi connectivity index (χ1n) is 8.14. The zero-order valence-corrected chi connectivity index (χ0v) is 13.8. The van der Waals surface area contributed by atoms with Crippen LogP contribution in [0.25, 0.3) is 10.8 Å². The first kappa shape index (κ1) is 16.9. The average molecular weight is 309 g/mol. The molecule has 0 heterocycles. The van der Waals surface area contributed by atoms with Crippen molar-refractivity contribution in [2.75, 3.05) is 5.32 Å². The van der Waals surface area contributed by atoms with Gasteiger partial charge in [-0.15, -0.1) is 0 Å². The molecule has 0 bridgehead atoms. The fourth-order valence-corrected chi connectivity index (χ4v) is 2.34. The van der Waals surface area contributed by atoms with Crippen LogP contribution in [0.2, 0.25) is 0 Å². The first-order chi connectivity index (χ1) is 11.2. The fraction of sp³-hybridized carbons (Fsp3) is 0.350. The van der Waals surface area contributed by atoms with Gasteiger partial charge in [0.25, 0.3) is 0 Å². The molecule has 0 aliphatic heterocycles. The Bertz CT molecular complexity index is 707. The lowest BCUT2D eigenvalue weighted by atomic mass is 10.1. The molecule has 120 valence electrons. The van der Waals surface area contributed by atoms with Gasteiger partial charge in [-0.05, 0) is 24.8 Å². The molecular weight excluding hydrogens is 286 g/mol. The number of rotatable bonds is 5. The first-order valence-corrected chi connectivity index (χ1v) is 8.14. The molecule has 0 aliphatic rings. The van der Waals surface area contributed by atoms with Crippen molar-refractivity contribution in [2.24, 2.45) is 0 Å². The minimum absolute atomic E-state index is 0.411. The van der Waals surface area contributed by atoms with Crippen molar-refractivity contribution in [2.45, 2.75) is 45.6 Å². The van der Waals surface area contributed by atoms with Gasteiger partial charge in [0.2, 0.25) is 0 Å². The van der Waals surface area contributed by atoms with Crippen molar-refractivity contribution >= 4 is 22.6 Å². The van der Waals surface area contributed by atoms with Gasteiger partial charge in [0, 0.05) is 11.8 Å². The van der Waals surface area contributed by atoms with Crippen molar-refractivity contribution in [3.63, 3.8) is 0 Å². The summed E-state index contributed by atoms with van der Waals surface area (Å²) in [5.74, 6) is 6.03. The van der Waals surface area contributed by atoms with Crippen LogP contribution in [0.3, 0.4) is 0 Å². The third-order valence-electron chi connectivity index (χ3n) is 3.52. The predicted molar refractivity (Wildman–Crippen MR) is 95.4 cm³/mol. The number of anilines is 1. The van der Waals surface area contributed by atoms with Crippen LogP contribution in [0.1, 0.15) is 39.5 Å². The van der Waals surface area contributed by atoms with Crippen molar-refractivity contribution in [1.82, 2.24) is 0 Å². The molecule has 0 saturated heterocycles. The van der Waals surface area contributed by atoms with Crippen molar-refractivity contribution in [1.29, 1.82) is 0 Å². The zero-order valence-electron chi connectivity index (χ0n) is 13.8. The summed E-state index contributed by atoms with van der Waals surface area (Å²) in [4.78, 5) is 12.0. The number of hydrogen-bond donors (Lipinski definition) is 1.